The first kappa shape index (κ1) is 12.7. The van der Waals surface area contributed by atoms with E-state index in [1.54, 1.807) is 0 Å². The van der Waals surface area contributed by atoms with Crippen LogP contribution in [0.15, 0.2) is 60.9 Å². The number of hydrazine groups is 2. The normalized spacial score (nSPS) is 14.6. The number of pyridine rings is 1. The van der Waals surface area contributed by atoms with Gasteiger partial charge in [-0.2, -0.15) is 4.57 Å². The smallest absolute Gasteiger partial charge is 0.231 e. The van der Waals surface area contributed by atoms with Crippen molar-refractivity contribution in [2.45, 2.75) is 6.54 Å². The Hall–Kier alpha value is -2.33. The molecule has 1 N–H and O–H groups in total. The molecule has 0 radical (unpaired) electrons. The molecule has 0 amide bonds. The molecule has 1 aromatic carbocycles. The maximum absolute atomic E-state index is 3.34. The van der Waals surface area contributed by atoms with E-state index in [1.807, 2.05) is 24.2 Å². The lowest BCUT2D eigenvalue weighted by molar-refractivity contribution is -0.674. The Morgan fingerprint density at radius 1 is 1.05 bits per heavy atom. The van der Waals surface area contributed by atoms with Gasteiger partial charge in [-0.25, -0.2) is 0 Å². The van der Waals surface area contributed by atoms with Crippen LogP contribution in [0.25, 0.3) is 5.70 Å². The molecule has 0 saturated heterocycles. The quantitative estimate of drug-likeness (QED) is 0.855. The van der Waals surface area contributed by atoms with Gasteiger partial charge in [-0.15, -0.1) is 5.53 Å². The van der Waals surface area contributed by atoms with Crippen molar-refractivity contribution in [3.05, 3.63) is 72.2 Å². The molecule has 20 heavy (non-hydrogen) atoms. The number of aromatic nitrogens is 1. The SMILES string of the molecule is CN1NN(Cc2ccccc2)C=C1c1cccc[n+]1C. The number of nitrogens with one attached hydrogen (secondary N) is 1. The summed E-state index contributed by atoms with van der Waals surface area (Å²) >= 11 is 0. The van der Waals surface area contributed by atoms with E-state index in [9.17, 15) is 0 Å². The Kier molecular flexibility index (Phi) is 3.39. The van der Waals surface area contributed by atoms with Gasteiger partial charge in [0.15, 0.2) is 6.20 Å². The van der Waals surface area contributed by atoms with E-state index in [0.717, 1.165) is 12.2 Å². The van der Waals surface area contributed by atoms with Gasteiger partial charge in [-0.3, -0.25) is 10.0 Å². The number of benzene rings is 1. The van der Waals surface area contributed by atoms with Crippen molar-refractivity contribution >= 4 is 5.70 Å². The molecule has 1 aliphatic rings. The molecular weight excluding hydrogens is 248 g/mol. The third-order valence-corrected chi connectivity index (χ3v) is 3.43. The standard InChI is InChI=1S/C16H19N4/c1-18-11-7-6-10-15(18)16-13-20(17-19(16)2)12-14-8-4-3-5-9-14/h3-11,13,17H,12H2,1-2H3/q+1. The molecule has 2 heterocycles. The van der Waals surface area contributed by atoms with Gasteiger partial charge in [0.05, 0.1) is 6.54 Å². The summed E-state index contributed by atoms with van der Waals surface area (Å²) in [7, 11) is 4.09. The van der Waals surface area contributed by atoms with Gasteiger partial charge in [0, 0.05) is 25.4 Å². The van der Waals surface area contributed by atoms with Crippen LogP contribution in [0, 0.1) is 0 Å². The molecule has 102 valence electrons. The number of hydrogen-bond donors (Lipinski definition) is 1. The highest BCUT2D eigenvalue weighted by molar-refractivity contribution is 5.59. The van der Waals surface area contributed by atoms with Crippen LogP contribution in [0.1, 0.15) is 11.3 Å². The van der Waals surface area contributed by atoms with Gasteiger partial charge in [-0.05, 0) is 11.6 Å². The van der Waals surface area contributed by atoms with Crippen molar-refractivity contribution in [2.24, 2.45) is 7.05 Å². The summed E-state index contributed by atoms with van der Waals surface area (Å²) in [6.07, 6.45) is 4.20. The predicted octanol–water partition coefficient (Wildman–Crippen LogP) is 1.68. The molecule has 0 fully saturated rings. The van der Waals surface area contributed by atoms with Crippen LogP contribution in [0.5, 0.6) is 0 Å². The predicted molar refractivity (Wildman–Crippen MR) is 78.5 cm³/mol. The lowest BCUT2D eigenvalue weighted by Crippen LogP contribution is -2.39. The molecule has 3 rings (SSSR count). The number of rotatable bonds is 3. The van der Waals surface area contributed by atoms with E-state index in [1.165, 1.54) is 11.3 Å². The Morgan fingerprint density at radius 3 is 2.55 bits per heavy atom. The van der Waals surface area contributed by atoms with Crippen molar-refractivity contribution in [1.82, 2.24) is 15.6 Å². The van der Waals surface area contributed by atoms with Crippen LogP contribution in [0.4, 0.5) is 0 Å². The Bertz CT molecular complexity index is 621. The van der Waals surface area contributed by atoms with Crippen LogP contribution < -0.4 is 10.1 Å². The highest BCUT2D eigenvalue weighted by atomic mass is 15.8. The summed E-state index contributed by atoms with van der Waals surface area (Å²) in [6.45, 7) is 0.839. The second-order valence-corrected chi connectivity index (χ2v) is 4.98. The van der Waals surface area contributed by atoms with Gasteiger partial charge in [-0.1, -0.05) is 30.3 Å². The molecule has 0 spiro atoms. The molecule has 0 saturated carbocycles. The largest absolute Gasteiger partial charge is 0.291 e. The van der Waals surface area contributed by atoms with Gasteiger partial charge in [0.2, 0.25) is 5.69 Å². The van der Waals surface area contributed by atoms with Crippen molar-refractivity contribution in [2.75, 3.05) is 7.05 Å². The summed E-state index contributed by atoms with van der Waals surface area (Å²) in [5.74, 6) is 0. The average Bonchev–Trinajstić information content (AvgIpc) is 2.81. The van der Waals surface area contributed by atoms with Crippen LogP contribution in [-0.2, 0) is 13.6 Å². The molecule has 1 aromatic heterocycles. The first-order valence-electron chi connectivity index (χ1n) is 6.71. The fraction of sp³-hybridized carbons (Fsp3) is 0.188. The molecule has 4 heteroatoms. The summed E-state index contributed by atoms with van der Waals surface area (Å²) in [5.41, 5.74) is 6.95. The first-order valence-corrected chi connectivity index (χ1v) is 6.71. The minimum atomic E-state index is 0.839. The first-order chi connectivity index (χ1) is 9.74. The van der Waals surface area contributed by atoms with E-state index in [-0.39, 0.29) is 0 Å². The second-order valence-electron chi connectivity index (χ2n) is 4.98. The van der Waals surface area contributed by atoms with Gasteiger partial charge in [0.1, 0.15) is 12.7 Å². The molecule has 2 aromatic rings. The average molecular weight is 267 g/mol. The van der Waals surface area contributed by atoms with Crippen LogP contribution in [-0.4, -0.2) is 17.1 Å². The van der Waals surface area contributed by atoms with E-state index in [4.69, 9.17) is 0 Å². The third kappa shape index (κ3) is 2.51. The minimum Gasteiger partial charge on any atom is -0.291 e. The molecule has 0 unspecified atom stereocenters. The number of aryl methyl sites for hydroxylation is 1. The Balaban J connectivity index is 1.83. The molecule has 0 bridgehead atoms. The lowest BCUT2D eigenvalue weighted by Gasteiger charge is -2.20. The topological polar surface area (TPSA) is 22.4 Å². The zero-order valence-corrected chi connectivity index (χ0v) is 11.8. The second kappa shape index (κ2) is 5.35. The molecule has 4 nitrogen and oxygen atoms in total. The van der Waals surface area contributed by atoms with Crippen molar-refractivity contribution in [3.63, 3.8) is 0 Å². The van der Waals surface area contributed by atoms with E-state index >= 15 is 0 Å². The Morgan fingerprint density at radius 2 is 1.80 bits per heavy atom. The zero-order valence-electron chi connectivity index (χ0n) is 11.8. The summed E-state index contributed by atoms with van der Waals surface area (Å²) in [6, 6.07) is 16.7. The van der Waals surface area contributed by atoms with Crippen LogP contribution in [0.2, 0.25) is 0 Å². The van der Waals surface area contributed by atoms with E-state index in [0.29, 0.717) is 0 Å². The van der Waals surface area contributed by atoms with Gasteiger partial charge in [0.25, 0.3) is 0 Å². The third-order valence-electron chi connectivity index (χ3n) is 3.43. The van der Waals surface area contributed by atoms with E-state index < -0.39 is 0 Å². The van der Waals surface area contributed by atoms with Crippen LogP contribution >= 0.6 is 0 Å². The molecular formula is C16H19N4+. The van der Waals surface area contributed by atoms with E-state index in [2.05, 4.69) is 71.0 Å². The lowest BCUT2D eigenvalue weighted by atomic mass is 10.2. The summed E-state index contributed by atoms with van der Waals surface area (Å²) in [4.78, 5) is 0. The fourth-order valence-electron chi connectivity index (χ4n) is 2.40. The van der Waals surface area contributed by atoms with Crippen LogP contribution in [0.3, 0.4) is 0 Å². The van der Waals surface area contributed by atoms with Gasteiger partial charge >= 0.3 is 0 Å². The summed E-state index contributed by atoms with van der Waals surface area (Å²) < 4.78 is 2.12. The van der Waals surface area contributed by atoms with Crippen molar-refractivity contribution in [1.29, 1.82) is 0 Å². The molecule has 0 aliphatic carbocycles. The Labute approximate surface area is 119 Å². The summed E-state index contributed by atoms with van der Waals surface area (Å²) in [5, 5.41) is 4.13. The minimum absolute atomic E-state index is 0.839. The van der Waals surface area contributed by atoms with Gasteiger partial charge < -0.3 is 0 Å². The zero-order chi connectivity index (χ0) is 13.9. The van der Waals surface area contributed by atoms with Crippen molar-refractivity contribution < 1.29 is 4.57 Å². The number of nitrogens with zero attached hydrogens (tertiary/aromatic N) is 3. The molecule has 0 atom stereocenters. The number of hydrogen-bond acceptors (Lipinski definition) is 3. The van der Waals surface area contributed by atoms with Crippen molar-refractivity contribution in [3.8, 4) is 0 Å². The maximum atomic E-state index is 3.34. The fourth-order valence-corrected chi connectivity index (χ4v) is 2.40. The molecule has 1 aliphatic heterocycles. The highest BCUT2D eigenvalue weighted by Crippen LogP contribution is 2.19. The highest BCUT2D eigenvalue weighted by Gasteiger charge is 2.23. The maximum Gasteiger partial charge on any atom is 0.231 e. The monoisotopic (exact) mass is 267 g/mol.